The molecule has 2 nitrogen and oxygen atoms in total. The van der Waals surface area contributed by atoms with Crippen LogP contribution in [0.4, 0.5) is 0 Å². The van der Waals surface area contributed by atoms with Gasteiger partial charge in [-0.1, -0.05) is 6.92 Å². The Labute approximate surface area is 82.5 Å². The molecule has 1 rings (SSSR count). The molecular weight excluding hydrogens is 160 g/mol. The van der Waals surface area contributed by atoms with E-state index in [1.54, 1.807) is 0 Å². The molecule has 1 saturated heterocycles. The van der Waals surface area contributed by atoms with Crippen LogP contribution in [0, 0.1) is 5.92 Å². The number of nitrogens with zero attached hydrogens (tertiary/aromatic N) is 1. The van der Waals surface area contributed by atoms with Gasteiger partial charge < -0.3 is 10.6 Å². The third-order valence-corrected chi connectivity index (χ3v) is 3.18. The third kappa shape index (κ3) is 4.10. The van der Waals surface area contributed by atoms with Crippen molar-refractivity contribution in [3.05, 3.63) is 0 Å². The summed E-state index contributed by atoms with van der Waals surface area (Å²) in [5.74, 6) is 0.953. The molecule has 0 aromatic rings. The van der Waals surface area contributed by atoms with Crippen molar-refractivity contribution in [2.45, 2.75) is 45.6 Å². The Morgan fingerprint density at radius 1 is 1.38 bits per heavy atom. The molecule has 2 N–H and O–H groups in total. The van der Waals surface area contributed by atoms with Crippen molar-refractivity contribution in [3.8, 4) is 0 Å². The van der Waals surface area contributed by atoms with Gasteiger partial charge in [0.1, 0.15) is 0 Å². The summed E-state index contributed by atoms with van der Waals surface area (Å²) in [7, 11) is 0. The predicted octanol–water partition coefficient (Wildman–Crippen LogP) is 1.85. The van der Waals surface area contributed by atoms with Gasteiger partial charge >= 0.3 is 0 Å². The topological polar surface area (TPSA) is 29.3 Å². The average molecular weight is 184 g/mol. The van der Waals surface area contributed by atoms with E-state index in [4.69, 9.17) is 5.73 Å². The maximum atomic E-state index is 5.75. The maximum absolute atomic E-state index is 5.75. The smallest absolute Gasteiger partial charge is 0.00105 e. The number of hydrogen-bond acceptors (Lipinski definition) is 2. The van der Waals surface area contributed by atoms with Crippen molar-refractivity contribution < 1.29 is 0 Å². The molecule has 1 atom stereocenters. The minimum atomic E-state index is 0.393. The fraction of sp³-hybridized carbons (Fsp3) is 1.00. The van der Waals surface area contributed by atoms with Crippen LogP contribution in [0.3, 0.4) is 0 Å². The van der Waals surface area contributed by atoms with Gasteiger partial charge in [-0.2, -0.15) is 0 Å². The third-order valence-electron chi connectivity index (χ3n) is 3.18. The van der Waals surface area contributed by atoms with Crippen molar-refractivity contribution in [1.82, 2.24) is 4.90 Å². The second-order valence-electron chi connectivity index (χ2n) is 4.43. The van der Waals surface area contributed by atoms with Gasteiger partial charge in [-0.05, 0) is 58.2 Å². The average Bonchev–Trinajstić information content (AvgIpc) is 2.15. The van der Waals surface area contributed by atoms with Crippen LogP contribution >= 0.6 is 0 Å². The Morgan fingerprint density at radius 3 is 2.46 bits per heavy atom. The van der Waals surface area contributed by atoms with E-state index < -0.39 is 0 Å². The first kappa shape index (κ1) is 11.0. The Bertz CT molecular complexity index is 126. The van der Waals surface area contributed by atoms with Crippen LogP contribution in [-0.4, -0.2) is 30.6 Å². The first-order valence-corrected chi connectivity index (χ1v) is 5.70. The summed E-state index contributed by atoms with van der Waals surface area (Å²) in [6.45, 7) is 8.20. The van der Waals surface area contributed by atoms with Crippen LogP contribution in [0.2, 0.25) is 0 Å². The summed E-state index contributed by atoms with van der Waals surface area (Å²) in [6.07, 6.45) is 5.33. The molecule has 0 radical (unpaired) electrons. The molecule has 78 valence electrons. The minimum absolute atomic E-state index is 0.393. The van der Waals surface area contributed by atoms with Crippen molar-refractivity contribution in [2.75, 3.05) is 19.6 Å². The van der Waals surface area contributed by atoms with E-state index in [1.807, 2.05) is 0 Å². The SMILES string of the molecule is CCN1CCC(CCC(C)N)CC1. The van der Waals surface area contributed by atoms with Gasteiger partial charge in [0.25, 0.3) is 0 Å². The summed E-state index contributed by atoms with van der Waals surface area (Å²) in [4.78, 5) is 2.54. The van der Waals surface area contributed by atoms with E-state index in [1.165, 1.54) is 45.3 Å². The summed E-state index contributed by atoms with van der Waals surface area (Å²) in [5.41, 5.74) is 5.75. The monoisotopic (exact) mass is 184 g/mol. The molecule has 1 unspecified atom stereocenters. The van der Waals surface area contributed by atoms with E-state index in [0.29, 0.717) is 6.04 Å². The standard InChI is InChI=1S/C11H24N2/c1-3-13-8-6-11(7-9-13)5-4-10(2)12/h10-11H,3-9,12H2,1-2H3. The highest BCUT2D eigenvalue weighted by molar-refractivity contribution is 4.72. The molecule has 0 aliphatic carbocycles. The highest BCUT2D eigenvalue weighted by atomic mass is 15.1. The lowest BCUT2D eigenvalue weighted by molar-refractivity contribution is 0.184. The van der Waals surface area contributed by atoms with Gasteiger partial charge in [-0.15, -0.1) is 0 Å². The molecule has 0 spiro atoms. The molecule has 0 saturated carbocycles. The van der Waals surface area contributed by atoms with Gasteiger partial charge in [0.05, 0.1) is 0 Å². The van der Waals surface area contributed by atoms with Gasteiger partial charge in [-0.25, -0.2) is 0 Å². The zero-order valence-corrected chi connectivity index (χ0v) is 9.13. The number of piperidine rings is 1. The normalized spacial score (nSPS) is 23.3. The van der Waals surface area contributed by atoms with Crippen molar-refractivity contribution in [3.63, 3.8) is 0 Å². The summed E-state index contributed by atoms with van der Waals surface area (Å²) in [5, 5.41) is 0. The highest BCUT2D eigenvalue weighted by Crippen LogP contribution is 2.21. The highest BCUT2D eigenvalue weighted by Gasteiger charge is 2.17. The Hall–Kier alpha value is -0.0800. The number of rotatable bonds is 4. The van der Waals surface area contributed by atoms with E-state index in [9.17, 15) is 0 Å². The second kappa shape index (κ2) is 5.61. The zero-order chi connectivity index (χ0) is 9.68. The summed E-state index contributed by atoms with van der Waals surface area (Å²) in [6, 6.07) is 0.393. The molecule has 0 aromatic heterocycles. The Kier molecular flexibility index (Phi) is 4.74. The molecule has 1 heterocycles. The van der Waals surface area contributed by atoms with E-state index in [2.05, 4.69) is 18.7 Å². The second-order valence-corrected chi connectivity index (χ2v) is 4.43. The predicted molar refractivity (Wildman–Crippen MR) is 57.7 cm³/mol. The van der Waals surface area contributed by atoms with Crippen LogP contribution < -0.4 is 5.73 Å². The van der Waals surface area contributed by atoms with Crippen molar-refractivity contribution in [2.24, 2.45) is 11.7 Å². The maximum Gasteiger partial charge on any atom is 0.00105 e. The van der Waals surface area contributed by atoms with Crippen LogP contribution in [0.25, 0.3) is 0 Å². The van der Waals surface area contributed by atoms with Gasteiger partial charge in [0.15, 0.2) is 0 Å². The van der Waals surface area contributed by atoms with Crippen molar-refractivity contribution in [1.29, 1.82) is 0 Å². The van der Waals surface area contributed by atoms with Crippen LogP contribution in [0.5, 0.6) is 0 Å². The molecule has 0 amide bonds. The summed E-state index contributed by atoms with van der Waals surface area (Å²) < 4.78 is 0. The van der Waals surface area contributed by atoms with Gasteiger partial charge in [0, 0.05) is 6.04 Å². The lowest BCUT2D eigenvalue weighted by atomic mass is 9.91. The van der Waals surface area contributed by atoms with Crippen LogP contribution in [0.15, 0.2) is 0 Å². The molecular formula is C11H24N2. The lowest BCUT2D eigenvalue weighted by Crippen LogP contribution is -2.33. The Balaban J connectivity index is 2.10. The molecule has 0 bridgehead atoms. The first-order valence-electron chi connectivity index (χ1n) is 5.70. The van der Waals surface area contributed by atoms with E-state index in [-0.39, 0.29) is 0 Å². The molecule has 13 heavy (non-hydrogen) atoms. The van der Waals surface area contributed by atoms with Crippen molar-refractivity contribution >= 4 is 0 Å². The summed E-state index contributed by atoms with van der Waals surface area (Å²) >= 11 is 0. The van der Waals surface area contributed by atoms with E-state index >= 15 is 0 Å². The minimum Gasteiger partial charge on any atom is -0.328 e. The van der Waals surface area contributed by atoms with Gasteiger partial charge in [-0.3, -0.25) is 0 Å². The number of nitrogens with two attached hydrogens (primary N) is 1. The van der Waals surface area contributed by atoms with Crippen LogP contribution in [0.1, 0.15) is 39.5 Å². The lowest BCUT2D eigenvalue weighted by Gasteiger charge is -2.31. The molecule has 1 aliphatic heterocycles. The number of hydrogen-bond donors (Lipinski definition) is 1. The largest absolute Gasteiger partial charge is 0.328 e. The molecule has 0 aromatic carbocycles. The molecule has 1 fully saturated rings. The molecule has 1 aliphatic rings. The number of likely N-dealkylation sites (tertiary alicyclic amines) is 1. The quantitative estimate of drug-likeness (QED) is 0.722. The molecule has 2 heteroatoms. The fourth-order valence-electron chi connectivity index (χ4n) is 2.09. The fourth-order valence-corrected chi connectivity index (χ4v) is 2.09. The van der Waals surface area contributed by atoms with E-state index in [0.717, 1.165) is 5.92 Å². The van der Waals surface area contributed by atoms with Gasteiger partial charge in [0.2, 0.25) is 0 Å². The first-order chi connectivity index (χ1) is 6.22. The zero-order valence-electron chi connectivity index (χ0n) is 9.13. The van der Waals surface area contributed by atoms with Crippen LogP contribution in [-0.2, 0) is 0 Å². The Morgan fingerprint density at radius 2 is 2.00 bits per heavy atom.